The van der Waals surface area contributed by atoms with Crippen LogP contribution in [0.5, 0.6) is 0 Å². The van der Waals surface area contributed by atoms with Gasteiger partial charge in [-0.05, 0) is 19.4 Å². The lowest BCUT2D eigenvalue weighted by molar-refractivity contribution is 0.269. The Bertz CT molecular complexity index is 436. The van der Waals surface area contributed by atoms with Gasteiger partial charge in [0.1, 0.15) is 0 Å². The lowest BCUT2D eigenvalue weighted by atomic mass is 9.97. The molecule has 9 N–H and O–H groups in total. The molecular formula is C21H45N9. The molecule has 0 aromatic heterocycles. The van der Waals surface area contributed by atoms with E-state index in [4.69, 9.17) is 11.0 Å². The molecule has 0 unspecified atom stereocenters. The average Bonchev–Trinajstić information content (AvgIpc) is 2.74. The zero-order valence-corrected chi connectivity index (χ0v) is 18.8. The Morgan fingerprint density at radius 1 is 0.667 bits per heavy atom. The Kier molecular flexibility index (Phi) is 12.8. The Morgan fingerprint density at radius 2 is 1.10 bits per heavy atom. The second-order valence-corrected chi connectivity index (χ2v) is 8.95. The molecule has 0 saturated carbocycles. The summed E-state index contributed by atoms with van der Waals surface area (Å²) in [5.74, 6) is 0. The molecule has 3 aliphatic rings. The molecular weight excluding hydrogens is 378 g/mol. The fourth-order valence-electron chi connectivity index (χ4n) is 4.12. The van der Waals surface area contributed by atoms with Gasteiger partial charge in [0, 0.05) is 85.0 Å². The molecule has 0 atom stereocenters. The van der Waals surface area contributed by atoms with Gasteiger partial charge in [0.05, 0.1) is 17.1 Å². The van der Waals surface area contributed by atoms with Crippen molar-refractivity contribution in [3.05, 3.63) is 0 Å². The van der Waals surface area contributed by atoms with Crippen molar-refractivity contribution in [2.24, 2.45) is 5.73 Å². The van der Waals surface area contributed by atoms with E-state index in [1.807, 2.05) is 0 Å². The lowest BCUT2D eigenvalue weighted by Crippen LogP contribution is -2.66. The van der Waals surface area contributed by atoms with Crippen LogP contribution in [0.4, 0.5) is 0 Å². The van der Waals surface area contributed by atoms with Crippen LogP contribution in [0.2, 0.25) is 0 Å². The van der Waals surface area contributed by atoms with Gasteiger partial charge in [0.15, 0.2) is 0 Å². The van der Waals surface area contributed by atoms with E-state index in [1.54, 1.807) is 0 Å². The summed E-state index contributed by atoms with van der Waals surface area (Å²) >= 11 is 0. The van der Waals surface area contributed by atoms with Crippen LogP contribution < -0.4 is 43.0 Å². The normalized spacial score (nSPS) is 30.3. The molecule has 0 aromatic carbocycles. The Balaban J connectivity index is 1.94. The van der Waals surface area contributed by atoms with Crippen molar-refractivity contribution < 1.29 is 0 Å². The Labute approximate surface area is 183 Å². The third kappa shape index (κ3) is 10.5. The van der Waals surface area contributed by atoms with Crippen LogP contribution in [0.1, 0.15) is 32.1 Å². The van der Waals surface area contributed by atoms with Crippen LogP contribution in [-0.2, 0) is 0 Å². The quantitative estimate of drug-likeness (QED) is 0.220. The van der Waals surface area contributed by atoms with Crippen molar-refractivity contribution in [1.29, 1.82) is 5.26 Å². The highest BCUT2D eigenvalue weighted by Gasteiger charge is 2.29. The van der Waals surface area contributed by atoms with Gasteiger partial charge in [0.2, 0.25) is 0 Å². The maximum absolute atomic E-state index is 8.67. The maximum atomic E-state index is 8.67. The third-order valence-electron chi connectivity index (χ3n) is 5.97. The van der Waals surface area contributed by atoms with Crippen molar-refractivity contribution in [1.82, 2.24) is 37.2 Å². The molecule has 9 nitrogen and oxygen atoms in total. The van der Waals surface area contributed by atoms with Gasteiger partial charge < -0.3 is 43.0 Å². The largest absolute Gasteiger partial charge is 0.322 e. The van der Waals surface area contributed by atoms with Gasteiger partial charge in [-0.15, -0.1) is 0 Å². The Morgan fingerprint density at radius 3 is 1.57 bits per heavy atom. The molecule has 3 heterocycles. The van der Waals surface area contributed by atoms with Gasteiger partial charge in [-0.25, -0.2) is 0 Å². The van der Waals surface area contributed by atoms with E-state index < -0.39 is 0 Å². The van der Waals surface area contributed by atoms with Gasteiger partial charge in [-0.3, -0.25) is 0 Å². The third-order valence-corrected chi connectivity index (χ3v) is 5.97. The van der Waals surface area contributed by atoms with E-state index in [0.29, 0.717) is 6.42 Å². The number of nitrogens with two attached hydrogens (primary N) is 1. The van der Waals surface area contributed by atoms with Gasteiger partial charge >= 0.3 is 0 Å². The summed E-state index contributed by atoms with van der Waals surface area (Å²) in [5, 5.41) is 34.1. The fraction of sp³-hybridized carbons (Fsp3) is 0.952. The molecule has 3 fully saturated rings. The van der Waals surface area contributed by atoms with Crippen molar-refractivity contribution in [2.45, 2.75) is 43.2 Å². The van der Waals surface area contributed by atoms with Crippen molar-refractivity contribution in [2.75, 3.05) is 85.1 Å². The molecule has 0 aliphatic carbocycles. The predicted octanol–water partition coefficient (Wildman–Crippen LogP) is -1.95. The summed E-state index contributed by atoms with van der Waals surface area (Å²) in [5.41, 5.74) is 6.34. The van der Waals surface area contributed by atoms with Crippen LogP contribution >= 0.6 is 0 Å². The molecule has 3 aliphatic heterocycles. The van der Waals surface area contributed by atoms with E-state index in [0.717, 1.165) is 104 Å². The summed E-state index contributed by atoms with van der Waals surface area (Å²) < 4.78 is 0. The van der Waals surface area contributed by atoms with Gasteiger partial charge in [-0.1, -0.05) is 12.8 Å². The van der Waals surface area contributed by atoms with Crippen LogP contribution in [0.3, 0.4) is 0 Å². The summed E-state index contributed by atoms with van der Waals surface area (Å²) in [7, 11) is 0. The van der Waals surface area contributed by atoms with E-state index in [1.165, 1.54) is 6.42 Å². The monoisotopic (exact) mass is 423 g/mol. The summed E-state index contributed by atoms with van der Waals surface area (Å²) in [4.78, 5) is 0. The van der Waals surface area contributed by atoms with Gasteiger partial charge in [0.25, 0.3) is 0 Å². The van der Waals surface area contributed by atoms with E-state index in [2.05, 4.69) is 43.3 Å². The molecule has 3 rings (SSSR count). The van der Waals surface area contributed by atoms with Crippen LogP contribution in [0, 0.1) is 11.3 Å². The minimum absolute atomic E-state index is 0.0293. The van der Waals surface area contributed by atoms with E-state index in [-0.39, 0.29) is 11.1 Å². The Hall–Kier alpha value is -0.830. The zero-order chi connectivity index (χ0) is 21.4. The molecule has 30 heavy (non-hydrogen) atoms. The highest BCUT2D eigenvalue weighted by Crippen LogP contribution is 2.06. The van der Waals surface area contributed by atoms with Crippen molar-refractivity contribution >= 4 is 0 Å². The van der Waals surface area contributed by atoms with Crippen LogP contribution in [0.15, 0.2) is 0 Å². The summed E-state index contributed by atoms with van der Waals surface area (Å²) in [6, 6.07) is 2.23. The van der Waals surface area contributed by atoms with E-state index >= 15 is 0 Å². The molecule has 9 heteroatoms. The number of rotatable bonds is 7. The number of unbranched alkanes of at least 4 members (excludes halogenated alkanes) is 4. The lowest BCUT2D eigenvalue weighted by Gasteiger charge is -2.37. The molecule has 174 valence electrons. The number of nitrogens with one attached hydrogen (secondary N) is 7. The number of fused-ring (bicyclic) bond motifs is 15. The minimum atomic E-state index is -0.285. The number of hydrogen-bond acceptors (Lipinski definition) is 9. The first kappa shape index (κ1) is 25.4. The zero-order valence-electron chi connectivity index (χ0n) is 18.8. The SMILES string of the molecule is N#CCCCCCCNC12CNCCNCC(N)(CNCCNC1)CNCCNC2. The van der Waals surface area contributed by atoms with Crippen molar-refractivity contribution in [3.8, 4) is 6.07 Å². The fourth-order valence-corrected chi connectivity index (χ4v) is 4.12. The molecule has 0 amide bonds. The number of nitrogens with zero attached hydrogens (tertiary/aromatic N) is 1. The molecule has 3 saturated heterocycles. The first-order valence-electron chi connectivity index (χ1n) is 11.8. The topological polar surface area (TPSA) is 134 Å². The summed E-state index contributed by atoms with van der Waals surface area (Å²) in [6.07, 6.45) is 5.16. The second kappa shape index (κ2) is 15.1. The summed E-state index contributed by atoms with van der Waals surface area (Å²) in [6.45, 7) is 11.6. The first-order chi connectivity index (χ1) is 14.7. The van der Waals surface area contributed by atoms with Crippen LogP contribution in [-0.4, -0.2) is 96.2 Å². The molecule has 0 spiro atoms. The number of hydrogen-bond donors (Lipinski definition) is 8. The first-order valence-corrected chi connectivity index (χ1v) is 11.8. The number of nitriles is 1. The molecule has 0 radical (unpaired) electrons. The van der Waals surface area contributed by atoms with Crippen molar-refractivity contribution in [3.63, 3.8) is 0 Å². The van der Waals surface area contributed by atoms with E-state index in [9.17, 15) is 0 Å². The highest BCUT2D eigenvalue weighted by atomic mass is 15.1. The molecule has 0 aromatic rings. The molecule has 2 bridgehead atoms. The second-order valence-electron chi connectivity index (χ2n) is 8.95. The predicted molar refractivity (Wildman–Crippen MR) is 124 cm³/mol. The standard InChI is InChI=1S/C21H45N9/c22-6-4-2-1-3-5-7-30-21-17-27-11-8-24-14-20(23,15-25-9-12-28-18-21)16-26-10-13-29-19-21/h24-30H,1-5,7-19,23H2. The van der Waals surface area contributed by atoms with Gasteiger partial charge in [-0.2, -0.15) is 5.26 Å². The highest BCUT2D eigenvalue weighted by molar-refractivity contribution is 4.96. The maximum Gasteiger partial charge on any atom is 0.0621 e. The average molecular weight is 424 g/mol. The smallest absolute Gasteiger partial charge is 0.0621 e. The van der Waals surface area contributed by atoms with Crippen LogP contribution in [0.25, 0.3) is 0 Å². The minimum Gasteiger partial charge on any atom is -0.322 e.